The molecule has 0 saturated carbocycles. The van der Waals surface area contributed by atoms with Crippen LogP contribution in [0, 0.1) is 0 Å². The molecule has 2 saturated heterocycles. The molecule has 0 aromatic heterocycles. The quantitative estimate of drug-likeness (QED) is 0.681. The van der Waals surface area contributed by atoms with Crippen molar-refractivity contribution in [2.75, 3.05) is 13.2 Å². The SMILES string of the molecule is O=C1NC(=O)C(=Cc2ccc(OC[C@@H]3CCCN3C(=O)OCc3ccccc3)cc2)S1. The van der Waals surface area contributed by atoms with Crippen molar-refractivity contribution in [3.05, 3.63) is 70.6 Å². The molecule has 2 fully saturated rings. The van der Waals surface area contributed by atoms with E-state index in [0.29, 0.717) is 23.8 Å². The summed E-state index contributed by atoms with van der Waals surface area (Å²) < 4.78 is 11.3. The number of amides is 3. The molecular formula is C23H22N2O5S. The Morgan fingerprint density at radius 2 is 1.90 bits per heavy atom. The van der Waals surface area contributed by atoms with Gasteiger partial charge in [-0.15, -0.1) is 0 Å². The van der Waals surface area contributed by atoms with E-state index in [4.69, 9.17) is 9.47 Å². The van der Waals surface area contributed by atoms with E-state index in [9.17, 15) is 14.4 Å². The average molecular weight is 439 g/mol. The molecule has 2 aromatic rings. The molecule has 0 unspecified atom stereocenters. The number of nitrogens with zero attached hydrogens (tertiary/aromatic N) is 1. The van der Waals surface area contributed by atoms with E-state index in [-0.39, 0.29) is 29.9 Å². The zero-order valence-electron chi connectivity index (χ0n) is 16.8. The highest BCUT2D eigenvalue weighted by Crippen LogP contribution is 2.26. The third-order valence-corrected chi connectivity index (χ3v) is 5.89. The third kappa shape index (κ3) is 5.46. The fourth-order valence-corrected chi connectivity index (χ4v) is 4.16. The monoisotopic (exact) mass is 438 g/mol. The number of hydrogen-bond acceptors (Lipinski definition) is 6. The van der Waals surface area contributed by atoms with Crippen LogP contribution >= 0.6 is 11.8 Å². The minimum Gasteiger partial charge on any atom is -0.491 e. The first-order valence-corrected chi connectivity index (χ1v) is 10.9. The van der Waals surface area contributed by atoms with Crippen molar-refractivity contribution in [1.29, 1.82) is 0 Å². The molecule has 1 atom stereocenters. The van der Waals surface area contributed by atoms with Gasteiger partial charge in [-0.2, -0.15) is 0 Å². The van der Waals surface area contributed by atoms with E-state index in [2.05, 4.69) is 5.32 Å². The molecule has 3 amide bonds. The summed E-state index contributed by atoms with van der Waals surface area (Å²) in [7, 11) is 0. The summed E-state index contributed by atoms with van der Waals surface area (Å²) >= 11 is 0.886. The molecule has 2 aliphatic heterocycles. The Labute approximate surface area is 184 Å². The van der Waals surface area contributed by atoms with Crippen LogP contribution in [0.5, 0.6) is 5.75 Å². The van der Waals surface area contributed by atoms with Crippen LogP contribution in [0.15, 0.2) is 59.5 Å². The second-order valence-corrected chi connectivity index (χ2v) is 8.28. The largest absolute Gasteiger partial charge is 0.491 e. The lowest BCUT2D eigenvalue weighted by atomic mass is 10.2. The number of ether oxygens (including phenoxy) is 2. The van der Waals surface area contributed by atoms with Crippen LogP contribution in [0.1, 0.15) is 24.0 Å². The number of carbonyl (C=O) groups excluding carboxylic acids is 3. The average Bonchev–Trinajstić information content (AvgIpc) is 3.38. The summed E-state index contributed by atoms with van der Waals surface area (Å²) in [5.74, 6) is 0.294. The van der Waals surface area contributed by atoms with Crippen LogP contribution in [0.25, 0.3) is 6.08 Å². The Bertz CT molecular complexity index is 991. The minimum absolute atomic E-state index is 0.0327. The van der Waals surface area contributed by atoms with Gasteiger partial charge in [-0.3, -0.25) is 14.9 Å². The molecule has 0 spiro atoms. The Morgan fingerprint density at radius 3 is 2.61 bits per heavy atom. The number of carbonyl (C=O) groups is 3. The van der Waals surface area contributed by atoms with Crippen molar-refractivity contribution in [1.82, 2.24) is 10.2 Å². The molecule has 8 heteroatoms. The summed E-state index contributed by atoms with van der Waals surface area (Å²) in [6.07, 6.45) is 3.12. The normalized spacial score (nSPS) is 19.5. The molecule has 2 heterocycles. The molecular weight excluding hydrogens is 416 g/mol. The maximum Gasteiger partial charge on any atom is 0.410 e. The van der Waals surface area contributed by atoms with Gasteiger partial charge >= 0.3 is 6.09 Å². The van der Waals surface area contributed by atoms with Crippen molar-refractivity contribution in [2.45, 2.75) is 25.5 Å². The van der Waals surface area contributed by atoms with Gasteiger partial charge < -0.3 is 14.4 Å². The Morgan fingerprint density at radius 1 is 1.13 bits per heavy atom. The van der Waals surface area contributed by atoms with Gasteiger partial charge in [-0.25, -0.2) is 4.79 Å². The maximum absolute atomic E-state index is 12.5. The van der Waals surface area contributed by atoms with Crippen LogP contribution < -0.4 is 10.1 Å². The van der Waals surface area contributed by atoms with Gasteiger partial charge in [0.1, 0.15) is 19.0 Å². The van der Waals surface area contributed by atoms with E-state index in [1.165, 1.54) is 0 Å². The number of hydrogen-bond donors (Lipinski definition) is 1. The zero-order chi connectivity index (χ0) is 21.6. The fraction of sp³-hybridized carbons (Fsp3) is 0.261. The lowest BCUT2D eigenvalue weighted by Crippen LogP contribution is -2.39. The van der Waals surface area contributed by atoms with Crippen molar-refractivity contribution in [2.24, 2.45) is 0 Å². The number of imide groups is 1. The number of nitrogens with one attached hydrogen (secondary N) is 1. The summed E-state index contributed by atoms with van der Waals surface area (Å²) in [4.78, 5) is 37.5. The van der Waals surface area contributed by atoms with Crippen molar-refractivity contribution < 1.29 is 23.9 Å². The highest BCUT2D eigenvalue weighted by Gasteiger charge is 2.30. The maximum atomic E-state index is 12.5. The summed E-state index contributed by atoms with van der Waals surface area (Å²) in [6.45, 7) is 1.29. The van der Waals surface area contributed by atoms with Gasteiger partial charge in [-0.05, 0) is 53.9 Å². The van der Waals surface area contributed by atoms with Crippen molar-refractivity contribution >= 4 is 35.1 Å². The number of rotatable bonds is 6. The molecule has 2 aliphatic rings. The predicted molar refractivity (Wildman–Crippen MR) is 117 cm³/mol. The van der Waals surface area contributed by atoms with Gasteiger partial charge in [0.25, 0.3) is 11.1 Å². The minimum atomic E-state index is -0.379. The van der Waals surface area contributed by atoms with Crippen LogP contribution in [0.4, 0.5) is 9.59 Å². The van der Waals surface area contributed by atoms with Crippen LogP contribution in [0.2, 0.25) is 0 Å². The van der Waals surface area contributed by atoms with E-state index in [1.54, 1.807) is 23.1 Å². The number of benzene rings is 2. The number of thioether (sulfide) groups is 1. The molecule has 1 N–H and O–H groups in total. The van der Waals surface area contributed by atoms with Crippen LogP contribution in [0.3, 0.4) is 0 Å². The lowest BCUT2D eigenvalue weighted by Gasteiger charge is -2.24. The molecule has 0 radical (unpaired) electrons. The number of likely N-dealkylation sites (tertiary alicyclic amines) is 1. The third-order valence-electron chi connectivity index (χ3n) is 5.08. The molecule has 0 aliphatic carbocycles. The van der Waals surface area contributed by atoms with Gasteiger partial charge in [0.05, 0.1) is 10.9 Å². The standard InChI is InChI=1S/C23H22N2O5S/c26-21-20(31-22(27)24-21)13-16-8-10-19(11-9-16)29-15-18-7-4-12-25(18)23(28)30-14-17-5-2-1-3-6-17/h1-3,5-6,8-11,13,18H,4,7,12,14-15H2,(H,24,26,27)/t18-/m0/s1. The second-order valence-electron chi connectivity index (χ2n) is 7.26. The predicted octanol–water partition coefficient (Wildman–Crippen LogP) is 4.19. The van der Waals surface area contributed by atoms with Gasteiger partial charge in [0.15, 0.2) is 0 Å². The van der Waals surface area contributed by atoms with Gasteiger partial charge in [0.2, 0.25) is 0 Å². The second kappa shape index (κ2) is 9.70. The van der Waals surface area contributed by atoms with E-state index in [1.807, 2.05) is 42.5 Å². The van der Waals surface area contributed by atoms with E-state index >= 15 is 0 Å². The van der Waals surface area contributed by atoms with E-state index < -0.39 is 0 Å². The smallest absolute Gasteiger partial charge is 0.410 e. The summed E-state index contributed by atoms with van der Waals surface area (Å²) in [5, 5.41) is 1.87. The topological polar surface area (TPSA) is 84.9 Å². The van der Waals surface area contributed by atoms with Crippen molar-refractivity contribution in [3.8, 4) is 5.75 Å². The molecule has 4 rings (SSSR count). The Kier molecular flexibility index (Phi) is 6.57. The first-order valence-electron chi connectivity index (χ1n) is 10.0. The van der Waals surface area contributed by atoms with Gasteiger partial charge in [0, 0.05) is 6.54 Å². The first-order chi connectivity index (χ1) is 15.1. The Balaban J connectivity index is 1.29. The van der Waals surface area contributed by atoms with Crippen LogP contribution in [-0.4, -0.2) is 41.3 Å². The van der Waals surface area contributed by atoms with Crippen LogP contribution in [-0.2, 0) is 16.1 Å². The highest BCUT2D eigenvalue weighted by atomic mass is 32.2. The Hall–Kier alpha value is -3.26. The molecule has 31 heavy (non-hydrogen) atoms. The first kappa shape index (κ1) is 21.0. The van der Waals surface area contributed by atoms with Gasteiger partial charge in [-0.1, -0.05) is 42.5 Å². The highest BCUT2D eigenvalue weighted by molar-refractivity contribution is 8.18. The van der Waals surface area contributed by atoms with E-state index in [0.717, 1.165) is 35.7 Å². The fourth-order valence-electron chi connectivity index (χ4n) is 3.48. The van der Waals surface area contributed by atoms with Crippen molar-refractivity contribution in [3.63, 3.8) is 0 Å². The lowest BCUT2D eigenvalue weighted by molar-refractivity contribution is -0.115. The molecule has 2 aromatic carbocycles. The summed E-state index contributed by atoms with van der Waals surface area (Å²) in [6, 6.07) is 16.8. The molecule has 7 nitrogen and oxygen atoms in total. The molecule has 0 bridgehead atoms. The summed E-state index contributed by atoms with van der Waals surface area (Å²) in [5.41, 5.74) is 1.75. The molecule has 160 valence electrons. The zero-order valence-corrected chi connectivity index (χ0v) is 17.6.